The van der Waals surface area contributed by atoms with E-state index >= 15 is 0 Å². The summed E-state index contributed by atoms with van der Waals surface area (Å²) in [6, 6.07) is 5.33. The molecule has 1 aromatic carbocycles. The fourth-order valence-electron chi connectivity index (χ4n) is 2.00. The molecule has 1 heterocycles. The van der Waals surface area contributed by atoms with Gasteiger partial charge in [0.1, 0.15) is 11.2 Å². The van der Waals surface area contributed by atoms with Crippen molar-refractivity contribution in [2.45, 2.75) is 51.0 Å². The van der Waals surface area contributed by atoms with Gasteiger partial charge in [-0.2, -0.15) is 0 Å². The van der Waals surface area contributed by atoms with Crippen LogP contribution in [0.5, 0.6) is 0 Å². The molecule has 0 bridgehead atoms. The Balaban J connectivity index is 2.63. The van der Waals surface area contributed by atoms with Gasteiger partial charge in [-0.15, -0.1) is 0 Å². The molecule has 1 aliphatic heterocycles. The lowest BCUT2D eigenvalue weighted by Crippen LogP contribution is -2.37. The van der Waals surface area contributed by atoms with E-state index in [-0.39, 0.29) is 11.5 Å². The third kappa shape index (κ3) is 2.39. The summed E-state index contributed by atoms with van der Waals surface area (Å²) in [5, 5.41) is 0. The van der Waals surface area contributed by atoms with Gasteiger partial charge in [0.25, 0.3) is 10.0 Å². The highest BCUT2D eigenvalue weighted by atomic mass is 32.2. The molecule has 0 fully saturated rings. The first-order chi connectivity index (χ1) is 8.64. The molecule has 0 spiro atoms. The molecule has 4 nitrogen and oxygen atoms in total. The lowest BCUT2D eigenvalue weighted by molar-refractivity contribution is 0.475. The van der Waals surface area contributed by atoms with E-state index in [2.05, 4.69) is 25.8 Å². The topological polar surface area (TPSA) is 49.7 Å². The lowest BCUT2D eigenvalue weighted by atomic mass is 9.87. The quantitative estimate of drug-likeness (QED) is 0.794. The van der Waals surface area contributed by atoms with Crippen LogP contribution in [0.4, 0.5) is 5.69 Å². The van der Waals surface area contributed by atoms with Gasteiger partial charge < -0.3 is 0 Å². The van der Waals surface area contributed by atoms with Gasteiger partial charge in [-0.25, -0.2) is 13.4 Å². The molecule has 1 aliphatic rings. The van der Waals surface area contributed by atoms with E-state index in [1.54, 1.807) is 12.1 Å². The molecule has 104 valence electrons. The van der Waals surface area contributed by atoms with Crippen LogP contribution >= 0.6 is 0 Å². The minimum Gasteiger partial charge on any atom is -0.254 e. The lowest BCUT2D eigenvalue weighted by Gasteiger charge is -2.28. The van der Waals surface area contributed by atoms with Crippen LogP contribution < -0.4 is 0 Å². The Morgan fingerprint density at radius 3 is 2.37 bits per heavy atom. The number of hydrogen-bond donors (Lipinski definition) is 0. The Morgan fingerprint density at radius 1 is 1.21 bits per heavy atom. The van der Waals surface area contributed by atoms with Gasteiger partial charge >= 0.3 is 0 Å². The second-order valence-corrected chi connectivity index (χ2v) is 7.92. The number of benzene rings is 1. The van der Waals surface area contributed by atoms with Crippen LogP contribution in [0.3, 0.4) is 0 Å². The fourth-order valence-corrected chi connectivity index (χ4v) is 3.61. The van der Waals surface area contributed by atoms with Crippen molar-refractivity contribution in [2.75, 3.05) is 0 Å². The second kappa shape index (κ2) is 4.34. The summed E-state index contributed by atoms with van der Waals surface area (Å²) in [6.07, 6.45) is 1.40. The van der Waals surface area contributed by atoms with Crippen LogP contribution in [0.25, 0.3) is 0 Å². The molecule has 0 radical (unpaired) electrons. The Kier molecular flexibility index (Phi) is 3.21. The Hall–Kier alpha value is -1.36. The van der Waals surface area contributed by atoms with Gasteiger partial charge in [-0.05, 0) is 37.0 Å². The molecule has 1 aromatic rings. The SMILES string of the molecule is CC(C)N1C=Nc2ccc(C(C)(C)C)cc2S1(=O)=O. The van der Waals surface area contributed by atoms with Gasteiger partial charge in [0.2, 0.25) is 0 Å². The standard InChI is InChI=1S/C14H20N2O2S/c1-10(2)16-9-15-12-7-6-11(14(3,4)5)8-13(12)19(16,17)18/h6-10H,1-5H3. The van der Waals surface area contributed by atoms with Crippen LogP contribution in [-0.2, 0) is 15.4 Å². The Morgan fingerprint density at radius 2 is 1.84 bits per heavy atom. The number of fused-ring (bicyclic) bond motifs is 1. The van der Waals surface area contributed by atoms with Crippen molar-refractivity contribution >= 4 is 22.0 Å². The molecule has 0 N–H and O–H groups in total. The van der Waals surface area contributed by atoms with E-state index in [0.717, 1.165) is 5.56 Å². The maximum Gasteiger partial charge on any atom is 0.267 e. The summed E-state index contributed by atoms with van der Waals surface area (Å²) >= 11 is 0. The first-order valence-corrected chi connectivity index (χ1v) is 7.80. The van der Waals surface area contributed by atoms with Crippen molar-refractivity contribution < 1.29 is 8.42 Å². The van der Waals surface area contributed by atoms with E-state index in [0.29, 0.717) is 10.6 Å². The maximum atomic E-state index is 12.6. The van der Waals surface area contributed by atoms with Crippen molar-refractivity contribution in [1.29, 1.82) is 0 Å². The number of rotatable bonds is 1. The second-order valence-electron chi connectivity index (χ2n) is 6.11. The first kappa shape index (κ1) is 14.1. The molecule has 0 amide bonds. The zero-order valence-corrected chi connectivity index (χ0v) is 12.8. The predicted molar refractivity (Wildman–Crippen MR) is 77.5 cm³/mol. The monoisotopic (exact) mass is 280 g/mol. The Bertz CT molecular complexity index is 625. The minimum absolute atomic E-state index is 0.0889. The average Bonchev–Trinajstić information content (AvgIpc) is 2.26. The van der Waals surface area contributed by atoms with Crippen molar-refractivity contribution in [3.8, 4) is 0 Å². The van der Waals surface area contributed by atoms with Crippen LogP contribution in [0, 0.1) is 0 Å². The molecule has 0 saturated carbocycles. The van der Waals surface area contributed by atoms with E-state index < -0.39 is 10.0 Å². The maximum absolute atomic E-state index is 12.6. The summed E-state index contributed by atoms with van der Waals surface area (Å²) in [6.45, 7) is 9.86. The third-order valence-corrected chi connectivity index (χ3v) is 5.15. The fraction of sp³-hybridized carbons (Fsp3) is 0.500. The van der Waals surface area contributed by atoms with Gasteiger partial charge in [0, 0.05) is 6.04 Å². The molecule has 0 atom stereocenters. The van der Waals surface area contributed by atoms with E-state index in [1.807, 2.05) is 19.9 Å². The zero-order chi connectivity index (χ0) is 14.4. The van der Waals surface area contributed by atoms with Crippen molar-refractivity contribution in [3.05, 3.63) is 23.8 Å². The predicted octanol–water partition coefficient (Wildman–Crippen LogP) is 3.06. The summed E-state index contributed by atoms with van der Waals surface area (Å²) in [5.74, 6) is 0. The summed E-state index contributed by atoms with van der Waals surface area (Å²) in [5.41, 5.74) is 1.43. The molecule has 0 aromatic heterocycles. The molecule has 0 saturated heterocycles. The van der Waals surface area contributed by atoms with Gasteiger partial charge in [-0.3, -0.25) is 4.31 Å². The van der Waals surface area contributed by atoms with Crippen molar-refractivity contribution in [2.24, 2.45) is 4.99 Å². The molecule has 0 unspecified atom stereocenters. The van der Waals surface area contributed by atoms with Crippen molar-refractivity contribution in [1.82, 2.24) is 4.31 Å². The third-order valence-electron chi connectivity index (χ3n) is 3.20. The van der Waals surface area contributed by atoms with Crippen LogP contribution in [0.2, 0.25) is 0 Å². The van der Waals surface area contributed by atoms with Crippen molar-refractivity contribution in [3.63, 3.8) is 0 Å². The highest BCUT2D eigenvalue weighted by Crippen LogP contribution is 2.35. The number of nitrogens with zero attached hydrogens (tertiary/aromatic N) is 2. The molecule has 19 heavy (non-hydrogen) atoms. The summed E-state index contributed by atoms with van der Waals surface area (Å²) < 4.78 is 26.4. The van der Waals surface area contributed by atoms with E-state index in [1.165, 1.54) is 10.6 Å². The minimum atomic E-state index is -3.48. The smallest absolute Gasteiger partial charge is 0.254 e. The van der Waals surface area contributed by atoms with Gasteiger partial charge in [-0.1, -0.05) is 26.8 Å². The molecule has 5 heteroatoms. The summed E-state index contributed by atoms with van der Waals surface area (Å²) in [4.78, 5) is 4.54. The molecule has 2 rings (SSSR count). The largest absolute Gasteiger partial charge is 0.267 e. The Labute approximate surface area is 115 Å². The van der Waals surface area contributed by atoms with E-state index in [9.17, 15) is 8.42 Å². The number of sulfonamides is 1. The summed E-state index contributed by atoms with van der Waals surface area (Å²) in [7, 11) is -3.48. The average molecular weight is 280 g/mol. The van der Waals surface area contributed by atoms with Crippen LogP contribution in [0.1, 0.15) is 40.2 Å². The van der Waals surface area contributed by atoms with E-state index in [4.69, 9.17) is 0 Å². The van der Waals surface area contributed by atoms with Crippen LogP contribution in [-0.4, -0.2) is 25.1 Å². The number of hydrogen-bond acceptors (Lipinski definition) is 3. The van der Waals surface area contributed by atoms with Gasteiger partial charge in [0.15, 0.2) is 0 Å². The normalized spacial score (nSPS) is 17.7. The molecule has 0 aliphatic carbocycles. The highest BCUT2D eigenvalue weighted by Gasteiger charge is 2.31. The molecular weight excluding hydrogens is 260 g/mol. The first-order valence-electron chi connectivity index (χ1n) is 6.36. The zero-order valence-electron chi connectivity index (χ0n) is 12.0. The number of aliphatic imine (C=N–C) groups is 1. The molecular formula is C14H20N2O2S. The highest BCUT2D eigenvalue weighted by molar-refractivity contribution is 7.89. The van der Waals surface area contributed by atoms with Gasteiger partial charge in [0.05, 0.1) is 5.69 Å². The van der Waals surface area contributed by atoms with Crippen LogP contribution in [0.15, 0.2) is 28.1 Å².